The maximum atomic E-state index is 12.5. The standard InChI is InChI=1S/C21H17N3O4/c1-13-17-12-18(22-19(25)14-8-10-16(27-2)11-9-14)21(26)28-20(17)24(23-13)15-6-4-3-5-7-15/h3-12H,1-2H3,(H,22,25). The fourth-order valence-corrected chi connectivity index (χ4v) is 2.90. The van der Waals surface area contributed by atoms with Gasteiger partial charge in [0.25, 0.3) is 5.91 Å². The van der Waals surface area contributed by atoms with Crippen LogP contribution in [0.3, 0.4) is 0 Å². The van der Waals surface area contributed by atoms with Crippen LogP contribution >= 0.6 is 0 Å². The fraction of sp³-hybridized carbons (Fsp3) is 0.0952. The van der Waals surface area contributed by atoms with Crippen LogP contribution in [0, 0.1) is 6.92 Å². The molecule has 0 radical (unpaired) electrons. The Morgan fingerprint density at radius 1 is 1.11 bits per heavy atom. The van der Waals surface area contributed by atoms with Crippen LogP contribution in [0.5, 0.6) is 5.75 Å². The molecule has 7 nitrogen and oxygen atoms in total. The van der Waals surface area contributed by atoms with Crippen molar-refractivity contribution in [3.05, 3.63) is 82.3 Å². The first-order valence-corrected chi connectivity index (χ1v) is 8.61. The van der Waals surface area contributed by atoms with Crippen molar-refractivity contribution in [2.75, 3.05) is 12.4 Å². The van der Waals surface area contributed by atoms with Gasteiger partial charge >= 0.3 is 5.63 Å². The van der Waals surface area contributed by atoms with E-state index >= 15 is 0 Å². The molecule has 2 heterocycles. The average molecular weight is 375 g/mol. The lowest BCUT2D eigenvalue weighted by Gasteiger charge is -2.06. The zero-order valence-electron chi connectivity index (χ0n) is 15.3. The van der Waals surface area contributed by atoms with Crippen LogP contribution in [0.25, 0.3) is 16.8 Å². The summed E-state index contributed by atoms with van der Waals surface area (Å²) in [5.41, 5.74) is 1.60. The van der Waals surface area contributed by atoms with E-state index in [-0.39, 0.29) is 5.69 Å². The van der Waals surface area contributed by atoms with Crippen molar-refractivity contribution in [2.24, 2.45) is 0 Å². The topological polar surface area (TPSA) is 86.4 Å². The van der Waals surface area contributed by atoms with Crippen molar-refractivity contribution in [2.45, 2.75) is 6.92 Å². The molecule has 0 aliphatic heterocycles. The van der Waals surface area contributed by atoms with Crippen molar-refractivity contribution >= 4 is 22.7 Å². The Bertz CT molecular complexity index is 1210. The average Bonchev–Trinajstić information content (AvgIpc) is 3.04. The number of para-hydroxylation sites is 1. The van der Waals surface area contributed by atoms with Crippen LogP contribution in [0.15, 0.2) is 69.9 Å². The van der Waals surface area contributed by atoms with Gasteiger partial charge in [-0.15, -0.1) is 0 Å². The molecule has 1 amide bonds. The Hall–Kier alpha value is -3.87. The number of ether oxygens (including phenoxy) is 1. The van der Waals surface area contributed by atoms with E-state index in [1.165, 1.54) is 0 Å². The molecule has 0 aliphatic carbocycles. The lowest BCUT2D eigenvalue weighted by Crippen LogP contribution is -2.18. The van der Waals surface area contributed by atoms with Crippen molar-refractivity contribution in [1.82, 2.24) is 9.78 Å². The number of rotatable bonds is 4. The first-order chi connectivity index (χ1) is 13.6. The second kappa shape index (κ2) is 7.03. The van der Waals surface area contributed by atoms with E-state index in [9.17, 15) is 9.59 Å². The zero-order valence-corrected chi connectivity index (χ0v) is 15.3. The first-order valence-electron chi connectivity index (χ1n) is 8.61. The molecule has 140 valence electrons. The molecule has 1 N–H and O–H groups in total. The van der Waals surface area contributed by atoms with Crippen LogP contribution in [0.4, 0.5) is 5.69 Å². The Morgan fingerprint density at radius 2 is 1.82 bits per heavy atom. The van der Waals surface area contributed by atoms with E-state index in [0.29, 0.717) is 28.1 Å². The minimum atomic E-state index is -0.647. The zero-order chi connectivity index (χ0) is 19.7. The smallest absolute Gasteiger partial charge is 0.361 e. The molecular weight excluding hydrogens is 358 g/mol. The fourth-order valence-electron chi connectivity index (χ4n) is 2.90. The van der Waals surface area contributed by atoms with Gasteiger partial charge in [0.1, 0.15) is 11.4 Å². The Kier molecular flexibility index (Phi) is 4.41. The third-order valence-corrected chi connectivity index (χ3v) is 4.36. The molecule has 0 bridgehead atoms. The van der Waals surface area contributed by atoms with Crippen LogP contribution in [0.1, 0.15) is 16.1 Å². The van der Waals surface area contributed by atoms with Gasteiger partial charge in [-0.05, 0) is 49.4 Å². The van der Waals surface area contributed by atoms with E-state index in [4.69, 9.17) is 9.15 Å². The van der Waals surface area contributed by atoms with Gasteiger partial charge in [-0.3, -0.25) is 4.79 Å². The number of hydrogen-bond acceptors (Lipinski definition) is 5. The number of hydrogen-bond donors (Lipinski definition) is 1. The van der Waals surface area contributed by atoms with Gasteiger partial charge in [0.05, 0.1) is 23.9 Å². The van der Waals surface area contributed by atoms with Gasteiger partial charge in [0.15, 0.2) is 0 Å². The number of methoxy groups -OCH3 is 1. The number of nitrogens with one attached hydrogen (secondary N) is 1. The monoisotopic (exact) mass is 375 g/mol. The molecule has 0 saturated heterocycles. The van der Waals surface area contributed by atoms with Crippen molar-refractivity contribution in [3.63, 3.8) is 0 Å². The molecule has 7 heteroatoms. The second-order valence-electron chi connectivity index (χ2n) is 6.18. The highest BCUT2D eigenvalue weighted by atomic mass is 16.5. The molecule has 0 saturated carbocycles. The van der Waals surface area contributed by atoms with Gasteiger partial charge in [0, 0.05) is 5.56 Å². The number of nitrogens with zero attached hydrogens (tertiary/aromatic N) is 2. The lowest BCUT2D eigenvalue weighted by atomic mass is 10.2. The normalized spacial score (nSPS) is 10.8. The van der Waals surface area contributed by atoms with Crippen molar-refractivity contribution in [3.8, 4) is 11.4 Å². The molecule has 0 fully saturated rings. The van der Waals surface area contributed by atoms with E-state index in [1.807, 2.05) is 37.3 Å². The summed E-state index contributed by atoms with van der Waals surface area (Å²) < 4.78 is 12.1. The van der Waals surface area contributed by atoms with Gasteiger partial charge in [-0.2, -0.15) is 9.78 Å². The summed E-state index contributed by atoms with van der Waals surface area (Å²) in [6.07, 6.45) is 0. The number of aromatic nitrogens is 2. The highest BCUT2D eigenvalue weighted by molar-refractivity contribution is 6.04. The summed E-state index contributed by atoms with van der Waals surface area (Å²) in [7, 11) is 1.55. The minimum Gasteiger partial charge on any atom is -0.497 e. The van der Waals surface area contributed by atoms with Gasteiger partial charge in [-0.25, -0.2) is 4.79 Å². The molecule has 0 spiro atoms. The molecular formula is C21H17N3O4. The molecule has 0 unspecified atom stereocenters. The van der Waals surface area contributed by atoms with Crippen LogP contribution < -0.4 is 15.7 Å². The SMILES string of the molecule is COc1ccc(C(=O)Nc2cc3c(C)nn(-c4ccccc4)c3oc2=O)cc1. The van der Waals surface area contributed by atoms with E-state index < -0.39 is 11.5 Å². The number of aryl methyl sites for hydroxylation is 1. The summed E-state index contributed by atoms with van der Waals surface area (Å²) in [6, 6.07) is 17.6. The first kappa shape index (κ1) is 17.5. The molecule has 4 rings (SSSR count). The van der Waals surface area contributed by atoms with Crippen LogP contribution in [0.2, 0.25) is 0 Å². The summed E-state index contributed by atoms with van der Waals surface area (Å²) in [5, 5.41) is 7.71. The molecule has 2 aromatic heterocycles. The third kappa shape index (κ3) is 3.14. The van der Waals surface area contributed by atoms with E-state index in [2.05, 4.69) is 10.4 Å². The maximum Gasteiger partial charge on any atom is 0.361 e. The highest BCUT2D eigenvalue weighted by Gasteiger charge is 2.17. The summed E-state index contributed by atoms with van der Waals surface area (Å²) in [4.78, 5) is 24.9. The molecule has 0 atom stereocenters. The highest BCUT2D eigenvalue weighted by Crippen LogP contribution is 2.23. The lowest BCUT2D eigenvalue weighted by molar-refractivity contribution is 0.102. The molecule has 0 aliphatic rings. The number of carbonyl (C=O) groups excluding carboxylic acids is 1. The maximum absolute atomic E-state index is 12.5. The van der Waals surface area contributed by atoms with E-state index in [1.54, 1.807) is 42.1 Å². The van der Waals surface area contributed by atoms with Crippen molar-refractivity contribution < 1.29 is 13.9 Å². The Balaban J connectivity index is 1.71. The predicted molar refractivity (Wildman–Crippen MR) is 105 cm³/mol. The van der Waals surface area contributed by atoms with Gasteiger partial charge < -0.3 is 14.5 Å². The van der Waals surface area contributed by atoms with Crippen LogP contribution in [-0.2, 0) is 0 Å². The number of anilines is 1. The minimum absolute atomic E-state index is 0.0593. The molecule has 4 aromatic rings. The number of amides is 1. The molecule has 28 heavy (non-hydrogen) atoms. The third-order valence-electron chi connectivity index (χ3n) is 4.36. The predicted octanol–water partition coefficient (Wildman–Crippen LogP) is 3.55. The Labute approximate surface area is 160 Å². The van der Waals surface area contributed by atoms with E-state index in [0.717, 1.165) is 5.69 Å². The van der Waals surface area contributed by atoms with Gasteiger partial charge in [0.2, 0.25) is 5.71 Å². The number of fused-ring (bicyclic) bond motifs is 1. The quantitative estimate of drug-likeness (QED) is 0.589. The molecule has 2 aromatic carbocycles. The largest absolute Gasteiger partial charge is 0.497 e. The number of benzene rings is 2. The Morgan fingerprint density at radius 3 is 2.50 bits per heavy atom. The van der Waals surface area contributed by atoms with Crippen LogP contribution in [-0.4, -0.2) is 22.8 Å². The van der Waals surface area contributed by atoms with Crippen molar-refractivity contribution in [1.29, 1.82) is 0 Å². The summed E-state index contributed by atoms with van der Waals surface area (Å²) in [6.45, 7) is 1.82. The second-order valence-corrected chi connectivity index (χ2v) is 6.18. The van der Waals surface area contributed by atoms with Gasteiger partial charge in [-0.1, -0.05) is 18.2 Å². The number of carbonyl (C=O) groups is 1. The summed E-state index contributed by atoms with van der Waals surface area (Å²) in [5.74, 6) is 0.226. The summed E-state index contributed by atoms with van der Waals surface area (Å²) >= 11 is 0.